The molecule has 0 bridgehead atoms. The second-order valence-electron chi connectivity index (χ2n) is 8.09. The normalized spacial score (nSPS) is 11.7. The van der Waals surface area contributed by atoms with Crippen LogP contribution in [0.3, 0.4) is 0 Å². The van der Waals surface area contributed by atoms with E-state index in [2.05, 4.69) is 4.99 Å². The maximum absolute atomic E-state index is 13.5. The minimum Gasteiger partial charge on any atom is -0.491 e. The van der Waals surface area contributed by atoms with Gasteiger partial charge >= 0.3 is 6.18 Å². The summed E-state index contributed by atoms with van der Waals surface area (Å²) in [5.74, 6) is 0.143. The van der Waals surface area contributed by atoms with E-state index in [9.17, 15) is 18.0 Å². The molecule has 0 atom stereocenters. The first-order valence-electron chi connectivity index (χ1n) is 11.1. The van der Waals surface area contributed by atoms with Gasteiger partial charge in [-0.25, -0.2) is 0 Å². The molecule has 1 amide bonds. The van der Waals surface area contributed by atoms with Crippen LogP contribution < -0.4 is 9.64 Å². The van der Waals surface area contributed by atoms with Crippen molar-refractivity contribution in [2.45, 2.75) is 19.5 Å². The van der Waals surface area contributed by atoms with Crippen molar-refractivity contribution in [1.29, 1.82) is 0 Å². The predicted octanol–water partition coefficient (Wildman–Crippen LogP) is 6.42. The highest BCUT2D eigenvalue weighted by molar-refractivity contribution is 6.33. The van der Waals surface area contributed by atoms with E-state index >= 15 is 0 Å². The van der Waals surface area contributed by atoms with Crippen molar-refractivity contribution >= 4 is 29.4 Å². The van der Waals surface area contributed by atoms with E-state index in [1.807, 2.05) is 19.1 Å². The number of para-hydroxylation sites is 1. The van der Waals surface area contributed by atoms with E-state index in [-0.39, 0.29) is 29.7 Å². The Kier molecular flexibility index (Phi) is 8.76. The number of ether oxygens (including phenoxy) is 1. The zero-order chi connectivity index (χ0) is 26.5. The van der Waals surface area contributed by atoms with Crippen LogP contribution in [0.1, 0.15) is 33.5 Å². The number of alkyl halides is 3. The van der Waals surface area contributed by atoms with Crippen LogP contribution in [0.4, 0.5) is 18.9 Å². The lowest BCUT2D eigenvalue weighted by Gasteiger charge is -2.23. The fourth-order valence-corrected chi connectivity index (χ4v) is 4.03. The van der Waals surface area contributed by atoms with E-state index in [0.29, 0.717) is 34.5 Å². The molecule has 0 aliphatic heterocycles. The summed E-state index contributed by atoms with van der Waals surface area (Å²) < 4.78 is 45.6. The molecule has 0 aliphatic rings. The topological polar surface area (TPSA) is 62.1 Å². The molecule has 0 saturated heterocycles. The molecule has 3 aromatic carbocycles. The van der Waals surface area contributed by atoms with Gasteiger partial charge in [-0.05, 0) is 54.4 Å². The highest BCUT2D eigenvalue weighted by Gasteiger charge is 2.31. The Morgan fingerprint density at radius 1 is 1.14 bits per heavy atom. The van der Waals surface area contributed by atoms with Gasteiger partial charge in [0.15, 0.2) is 0 Å². The van der Waals surface area contributed by atoms with Gasteiger partial charge in [-0.2, -0.15) is 13.2 Å². The summed E-state index contributed by atoms with van der Waals surface area (Å²) >= 11 is 6.42. The second-order valence-corrected chi connectivity index (χ2v) is 8.50. The van der Waals surface area contributed by atoms with E-state index in [0.717, 1.165) is 17.7 Å². The number of aliphatic hydroxyl groups is 1. The van der Waals surface area contributed by atoms with E-state index in [4.69, 9.17) is 21.4 Å². The van der Waals surface area contributed by atoms with Crippen LogP contribution in [0, 0.1) is 6.92 Å². The average molecular weight is 519 g/mol. The molecule has 3 rings (SSSR count). The minimum absolute atomic E-state index is 0.0157. The number of aryl methyl sites for hydroxylation is 1. The largest absolute Gasteiger partial charge is 0.491 e. The quantitative estimate of drug-likeness (QED) is 0.276. The van der Waals surface area contributed by atoms with Gasteiger partial charge in [0.2, 0.25) is 0 Å². The van der Waals surface area contributed by atoms with Gasteiger partial charge in [-0.1, -0.05) is 29.8 Å². The summed E-state index contributed by atoms with van der Waals surface area (Å²) in [5.41, 5.74) is 1.92. The lowest BCUT2D eigenvalue weighted by Crippen LogP contribution is -2.27. The molecule has 1 N–H and O–H groups in total. The Morgan fingerprint density at radius 3 is 2.56 bits per heavy atom. The van der Waals surface area contributed by atoms with Crippen LogP contribution in [-0.4, -0.2) is 44.5 Å². The lowest BCUT2D eigenvalue weighted by atomic mass is 9.96. The second kappa shape index (κ2) is 11.6. The van der Waals surface area contributed by atoms with Crippen molar-refractivity contribution in [1.82, 2.24) is 0 Å². The van der Waals surface area contributed by atoms with Gasteiger partial charge in [0.25, 0.3) is 5.91 Å². The third kappa shape index (κ3) is 6.06. The number of anilines is 1. The van der Waals surface area contributed by atoms with Crippen LogP contribution in [0.2, 0.25) is 5.02 Å². The lowest BCUT2D eigenvalue weighted by molar-refractivity contribution is -0.137. The Hall–Kier alpha value is -3.36. The van der Waals surface area contributed by atoms with Crippen molar-refractivity contribution in [3.63, 3.8) is 0 Å². The van der Waals surface area contributed by atoms with Crippen molar-refractivity contribution in [2.24, 2.45) is 4.99 Å². The highest BCUT2D eigenvalue weighted by atomic mass is 35.5. The summed E-state index contributed by atoms with van der Waals surface area (Å²) in [6, 6.07) is 13.4. The monoisotopic (exact) mass is 518 g/mol. The molecule has 5 nitrogen and oxygen atoms in total. The summed E-state index contributed by atoms with van der Waals surface area (Å²) in [4.78, 5) is 18.8. The average Bonchev–Trinajstić information content (AvgIpc) is 2.83. The third-order valence-corrected chi connectivity index (χ3v) is 5.88. The first kappa shape index (κ1) is 27.2. The van der Waals surface area contributed by atoms with E-state index < -0.39 is 11.7 Å². The van der Waals surface area contributed by atoms with Gasteiger partial charge in [0, 0.05) is 55.1 Å². The summed E-state index contributed by atoms with van der Waals surface area (Å²) in [5, 5.41) is 9.33. The molecule has 0 unspecified atom stereocenters. The number of rotatable bonds is 8. The number of halogens is 4. The molecule has 0 spiro atoms. The first-order valence-corrected chi connectivity index (χ1v) is 11.5. The Morgan fingerprint density at radius 2 is 1.89 bits per heavy atom. The Labute approximate surface area is 212 Å². The Bertz CT molecular complexity index is 1280. The van der Waals surface area contributed by atoms with E-state index in [1.165, 1.54) is 24.2 Å². The van der Waals surface area contributed by atoms with Crippen LogP contribution in [-0.2, 0) is 6.18 Å². The van der Waals surface area contributed by atoms with Crippen LogP contribution in [0.15, 0.2) is 59.6 Å². The summed E-state index contributed by atoms with van der Waals surface area (Å²) in [6.07, 6.45) is -2.74. The van der Waals surface area contributed by atoms with Crippen molar-refractivity contribution < 1.29 is 27.8 Å². The molecular weight excluding hydrogens is 493 g/mol. The number of hydrogen-bond acceptors (Lipinski definition) is 4. The predicted molar refractivity (Wildman–Crippen MR) is 137 cm³/mol. The zero-order valence-corrected chi connectivity index (χ0v) is 20.8. The SMILES string of the molecule is CN=Cc1cc(C(F)(F)F)ccc1-c1cc(C(=O)N(C)c2c(C)cccc2OCCCO)ccc1Cl. The number of amides is 1. The number of aliphatic imine (C=N–C) groups is 1. The number of nitrogens with zero attached hydrogens (tertiary/aromatic N) is 2. The molecule has 3 aromatic rings. The smallest absolute Gasteiger partial charge is 0.416 e. The van der Waals surface area contributed by atoms with Gasteiger partial charge in [0.1, 0.15) is 5.75 Å². The summed E-state index contributed by atoms with van der Waals surface area (Å²) in [7, 11) is 3.08. The number of hydrogen-bond donors (Lipinski definition) is 1. The van der Waals surface area contributed by atoms with Crippen LogP contribution in [0.5, 0.6) is 5.75 Å². The van der Waals surface area contributed by atoms with Gasteiger partial charge in [-0.3, -0.25) is 9.79 Å². The standard InChI is InChI=1S/C27H26ClF3N2O3/c1-17-6-4-7-24(36-13-5-12-34)25(17)33(3)26(35)18-8-11-23(28)22(15-18)21-10-9-20(27(29,30)31)14-19(21)16-32-2/h4,6-11,14-16,34H,5,12-13H2,1-3H3. The van der Waals surface area contributed by atoms with Crippen LogP contribution >= 0.6 is 11.6 Å². The molecule has 0 aromatic heterocycles. The third-order valence-electron chi connectivity index (χ3n) is 5.55. The maximum atomic E-state index is 13.5. The zero-order valence-electron chi connectivity index (χ0n) is 20.1. The number of carbonyl (C=O) groups is 1. The molecule has 0 heterocycles. The molecule has 9 heteroatoms. The molecule has 0 radical (unpaired) electrons. The first-order chi connectivity index (χ1) is 17.1. The maximum Gasteiger partial charge on any atom is 0.416 e. The highest BCUT2D eigenvalue weighted by Crippen LogP contribution is 2.37. The number of aliphatic hydroxyl groups excluding tert-OH is 1. The molecular formula is C27H26ClF3N2O3. The number of benzene rings is 3. The molecule has 0 fully saturated rings. The molecule has 0 aliphatic carbocycles. The van der Waals surface area contributed by atoms with Gasteiger partial charge in [0.05, 0.1) is 17.9 Å². The van der Waals surface area contributed by atoms with Crippen molar-refractivity contribution in [3.05, 3.63) is 81.9 Å². The van der Waals surface area contributed by atoms with Crippen molar-refractivity contribution in [3.8, 4) is 16.9 Å². The Balaban J connectivity index is 2.03. The fraction of sp³-hybridized carbons (Fsp3) is 0.259. The molecule has 190 valence electrons. The molecule has 36 heavy (non-hydrogen) atoms. The fourth-order valence-electron chi connectivity index (χ4n) is 3.82. The van der Waals surface area contributed by atoms with Crippen molar-refractivity contribution in [2.75, 3.05) is 32.2 Å². The summed E-state index contributed by atoms with van der Waals surface area (Å²) in [6.45, 7) is 2.12. The molecule has 0 saturated carbocycles. The number of carbonyl (C=O) groups excluding carboxylic acids is 1. The van der Waals surface area contributed by atoms with Gasteiger partial charge in [-0.15, -0.1) is 0 Å². The van der Waals surface area contributed by atoms with Crippen LogP contribution in [0.25, 0.3) is 11.1 Å². The van der Waals surface area contributed by atoms with E-state index in [1.54, 1.807) is 31.3 Å². The minimum atomic E-state index is -4.51. The van der Waals surface area contributed by atoms with Gasteiger partial charge < -0.3 is 14.7 Å².